The molecule has 0 radical (unpaired) electrons. The SMILES string of the molecule is CN=C(NCCc1cccc(Cl)c1)NCc1ccc(N2CCN(C)CC2)nc1. The zero-order valence-corrected chi connectivity index (χ0v) is 17.4. The van der Waals surface area contributed by atoms with Crippen molar-refractivity contribution in [2.75, 3.05) is 51.7 Å². The molecule has 2 heterocycles. The van der Waals surface area contributed by atoms with Crippen molar-refractivity contribution in [1.29, 1.82) is 0 Å². The molecular formula is C21H29ClN6. The molecule has 0 amide bonds. The summed E-state index contributed by atoms with van der Waals surface area (Å²) >= 11 is 6.03. The first-order valence-corrected chi connectivity index (χ1v) is 10.1. The van der Waals surface area contributed by atoms with E-state index in [2.05, 4.69) is 55.7 Å². The second-order valence-corrected chi connectivity index (χ2v) is 7.48. The minimum atomic E-state index is 0.687. The van der Waals surface area contributed by atoms with Gasteiger partial charge >= 0.3 is 0 Å². The predicted octanol–water partition coefficient (Wildman–Crippen LogP) is 2.39. The van der Waals surface area contributed by atoms with E-state index in [-0.39, 0.29) is 0 Å². The standard InChI is InChI=1S/C21H29ClN6/c1-23-21(24-9-8-17-4-3-5-19(22)14-17)26-16-18-6-7-20(25-15-18)28-12-10-27(2)11-13-28/h3-7,14-15H,8-13,16H2,1-2H3,(H2,23,24,26). The van der Waals surface area contributed by atoms with Crippen LogP contribution in [0.15, 0.2) is 47.6 Å². The number of aromatic nitrogens is 1. The Morgan fingerprint density at radius 1 is 1.11 bits per heavy atom. The smallest absolute Gasteiger partial charge is 0.191 e. The van der Waals surface area contributed by atoms with Gasteiger partial charge in [0.15, 0.2) is 5.96 Å². The second kappa shape index (κ2) is 10.3. The van der Waals surface area contributed by atoms with Gasteiger partial charge in [0.25, 0.3) is 0 Å². The first-order chi connectivity index (χ1) is 13.6. The molecule has 1 saturated heterocycles. The van der Waals surface area contributed by atoms with Gasteiger partial charge in [-0.15, -0.1) is 0 Å². The number of aliphatic imine (C=N–C) groups is 1. The molecule has 1 aliphatic rings. The topological polar surface area (TPSA) is 55.8 Å². The predicted molar refractivity (Wildman–Crippen MR) is 117 cm³/mol. The molecule has 1 aromatic heterocycles. The van der Waals surface area contributed by atoms with Gasteiger partial charge in [-0.2, -0.15) is 0 Å². The van der Waals surface area contributed by atoms with Crippen LogP contribution in [-0.2, 0) is 13.0 Å². The van der Waals surface area contributed by atoms with Crippen LogP contribution in [0.3, 0.4) is 0 Å². The number of hydrogen-bond donors (Lipinski definition) is 2. The molecule has 1 aromatic carbocycles. The van der Waals surface area contributed by atoms with Crippen LogP contribution in [0.1, 0.15) is 11.1 Å². The molecule has 0 bridgehead atoms. The number of halogens is 1. The van der Waals surface area contributed by atoms with E-state index in [0.717, 1.165) is 61.5 Å². The molecule has 0 spiro atoms. The zero-order valence-electron chi connectivity index (χ0n) is 16.7. The van der Waals surface area contributed by atoms with Gasteiger partial charge in [-0.05, 0) is 42.8 Å². The molecule has 6 nitrogen and oxygen atoms in total. The van der Waals surface area contributed by atoms with Crippen molar-refractivity contribution in [3.05, 3.63) is 58.7 Å². The summed E-state index contributed by atoms with van der Waals surface area (Å²) in [7, 11) is 3.94. The number of anilines is 1. The van der Waals surface area contributed by atoms with Gasteiger partial charge in [-0.25, -0.2) is 4.98 Å². The van der Waals surface area contributed by atoms with Crippen LogP contribution < -0.4 is 15.5 Å². The van der Waals surface area contributed by atoms with Gasteiger partial charge in [0, 0.05) is 57.5 Å². The number of rotatable bonds is 6. The maximum Gasteiger partial charge on any atom is 0.191 e. The Balaban J connectivity index is 1.43. The molecule has 3 rings (SSSR count). The summed E-state index contributed by atoms with van der Waals surface area (Å²) in [5.41, 5.74) is 2.34. The highest BCUT2D eigenvalue weighted by Gasteiger charge is 2.14. The summed E-state index contributed by atoms with van der Waals surface area (Å²) in [6.45, 7) is 5.71. The van der Waals surface area contributed by atoms with Gasteiger partial charge in [0.1, 0.15) is 5.82 Å². The number of pyridine rings is 1. The quantitative estimate of drug-likeness (QED) is 0.576. The maximum atomic E-state index is 6.03. The molecule has 150 valence electrons. The molecular weight excluding hydrogens is 372 g/mol. The Hall–Kier alpha value is -2.31. The van der Waals surface area contributed by atoms with Gasteiger partial charge in [0.2, 0.25) is 0 Å². The van der Waals surface area contributed by atoms with E-state index in [9.17, 15) is 0 Å². The van der Waals surface area contributed by atoms with E-state index in [0.29, 0.717) is 6.54 Å². The van der Waals surface area contributed by atoms with Crippen LogP contribution in [0.4, 0.5) is 5.82 Å². The minimum Gasteiger partial charge on any atom is -0.356 e. The first-order valence-electron chi connectivity index (χ1n) is 9.71. The largest absolute Gasteiger partial charge is 0.356 e. The van der Waals surface area contributed by atoms with Crippen LogP contribution in [0, 0.1) is 0 Å². The number of likely N-dealkylation sites (N-methyl/N-ethyl adjacent to an activating group) is 1. The lowest BCUT2D eigenvalue weighted by Gasteiger charge is -2.33. The van der Waals surface area contributed by atoms with Crippen molar-refractivity contribution in [3.63, 3.8) is 0 Å². The van der Waals surface area contributed by atoms with E-state index in [1.54, 1.807) is 7.05 Å². The van der Waals surface area contributed by atoms with Gasteiger partial charge in [0.05, 0.1) is 0 Å². The van der Waals surface area contributed by atoms with E-state index in [1.807, 2.05) is 24.4 Å². The van der Waals surface area contributed by atoms with Crippen LogP contribution in [-0.4, -0.2) is 62.7 Å². The summed E-state index contributed by atoms with van der Waals surface area (Å²) < 4.78 is 0. The van der Waals surface area contributed by atoms with Crippen molar-refractivity contribution in [1.82, 2.24) is 20.5 Å². The normalized spacial score (nSPS) is 15.5. The summed E-state index contributed by atoms with van der Waals surface area (Å²) in [6.07, 6.45) is 2.84. The molecule has 2 N–H and O–H groups in total. The van der Waals surface area contributed by atoms with Gasteiger partial charge < -0.3 is 20.4 Å². The Morgan fingerprint density at radius 3 is 2.61 bits per heavy atom. The Morgan fingerprint density at radius 2 is 1.93 bits per heavy atom. The summed E-state index contributed by atoms with van der Waals surface area (Å²) in [5, 5.41) is 7.45. The molecule has 0 unspecified atom stereocenters. The number of hydrogen-bond acceptors (Lipinski definition) is 4. The van der Waals surface area contributed by atoms with E-state index >= 15 is 0 Å². The fourth-order valence-corrected chi connectivity index (χ4v) is 3.38. The third-order valence-corrected chi connectivity index (χ3v) is 5.15. The summed E-state index contributed by atoms with van der Waals surface area (Å²) in [6, 6.07) is 12.2. The van der Waals surface area contributed by atoms with Crippen LogP contribution >= 0.6 is 11.6 Å². The lowest BCUT2D eigenvalue weighted by atomic mass is 10.1. The third kappa shape index (κ3) is 6.11. The van der Waals surface area contributed by atoms with Crippen LogP contribution in [0.25, 0.3) is 0 Å². The van der Waals surface area contributed by atoms with Crippen molar-refractivity contribution >= 4 is 23.4 Å². The Bertz CT molecular complexity index is 769. The second-order valence-electron chi connectivity index (χ2n) is 7.05. The van der Waals surface area contributed by atoms with Crippen LogP contribution in [0.5, 0.6) is 0 Å². The number of piperazine rings is 1. The average Bonchev–Trinajstić information content (AvgIpc) is 2.72. The average molecular weight is 401 g/mol. The molecule has 28 heavy (non-hydrogen) atoms. The lowest BCUT2D eigenvalue weighted by molar-refractivity contribution is 0.312. The summed E-state index contributed by atoms with van der Waals surface area (Å²) in [5.74, 6) is 1.84. The third-order valence-electron chi connectivity index (χ3n) is 4.92. The number of nitrogens with zero attached hydrogens (tertiary/aromatic N) is 4. The van der Waals surface area contributed by atoms with Gasteiger partial charge in [-0.1, -0.05) is 29.8 Å². The van der Waals surface area contributed by atoms with Crippen molar-refractivity contribution in [3.8, 4) is 0 Å². The van der Waals surface area contributed by atoms with E-state index in [4.69, 9.17) is 11.6 Å². The molecule has 1 aliphatic heterocycles. The summed E-state index contributed by atoms with van der Waals surface area (Å²) in [4.78, 5) is 13.6. The van der Waals surface area contributed by atoms with E-state index < -0.39 is 0 Å². The molecule has 1 fully saturated rings. The maximum absolute atomic E-state index is 6.03. The number of nitrogens with one attached hydrogen (secondary N) is 2. The molecule has 0 saturated carbocycles. The van der Waals surface area contributed by atoms with Crippen molar-refractivity contribution in [2.45, 2.75) is 13.0 Å². The highest BCUT2D eigenvalue weighted by atomic mass is 35.5. The lowest BCUT2D eigenvalue weighted by Crippen LogP contribution is -2.44. The highest BCUT2D eigenvalue weighted by molar-refractivity contribution is 6.30. The Kier molecular flexibility index (Phi) is 7.51. The van der Waals surface area contributed by atoms with Crippen molar-refractivity contribution in [2.24, 2.45) is 4.99 Å². The van der Waals surface area contributed by atoms with Crippen molar-refractivity contribution < 1.29 is 0 Å². The number of guanidine groups is 1. The fraction of sp³-hybridized carbons (Fsp3) is 0.429. The highest BCUT2D eigenvalue weighted by Crippen LogP contribution is 2.13. The fourth-order valence-electron chi connectivity index (χ4n) is 3.17. The molecule has 0 aliphatic carbocycles. The Labute approximate surface area is 172 Å². The van der Waals surface area contributed by atoms with Gasteiger partial charge in [-0.3, -0.25) is 4.99 Å². The molecule has 0 atom stereocenters. The van der Waals surface area contributed by atoms with Crippen LogP contribution in [0.2, 0.25) is 5.02 Å². The molecule has 2 aromatic rings. The minimum absolute atomic E-state index is 0.687. The van der Waals surface area contributed by atoms with E-state index in [1.165, 1.54) is 5.56 Å². The molecule has 7 heteroatoms. The first kappa shape index (κ1) is 20.4. The zero-order chi connectivity index (χ0) is 19.8. The number of benzene rings is 1. The monoisotopic (exact) mass is 400 g/mol.